The molecule has 0 bridgehead atoms. The van der Waals surface area contributed by atoms with Gasteiger partial charge in [0.25, 0.3) is 0 Å². The summed E-state index contributed by atoms with van der Waals surface area (Å²) in [6.45, 7) is 5.65. The van der Waals surface area contributed by atoms with Crippen LogP contribution in [-0.2, 0) is 5.54 Å². The average Bonchev–Trinajstić information content (AvgIpc) is 3.10. The van der Waals surface area contributed by atoms with Gasteiger partial charge in [0.15, 0.2) is 5.82 Å². The smallest absolute Gasteiger partial charge is 0.243 e. The summed E-state index contributed by atoms with van der Waals surface area (Å²) in [5, 5.41) is 4.11. The van der Waals surface area contributed by atoms with Crippen LogP contribution in [0.25, 0.3) is 0 Å². The number of rotatable bonds is 4. The molecule has 1 atom stereocenters. The first kappa shape index (κ1) is 19.1. The second-order valence-corrected chi connectivity index (χ2v) is 7.14. The Kier molecular flexibility index (Phi) is 5.50. The number of piperazine rings is 1. The highest BCUT2D eigenvalue weighted by atomic mass is 35.5. The summed E-state index contributed by atoms with van der Waals surface area (Å²) in [6.07, 6.45) is 2.98. The topological polar surface area (TPSA) is 71.4 Å². The van der Waals surface area contributed by atoms with Gasteiger partial charge in [-0.25, -0.2) is 4.39 Å². The average molecular weight is 382 g/mol. The molecule has 2 aliphatic rings. The third kappa shape index (κ3) is 3.56. The molecule has 2 heterocycles. The minimum Gasteiger partial charge on any atom is -0.369 e. The van der Waals surface area contributed by atoms with Gasteiger partial charge < -0.3 is 15.2 Å². The molecular weight excluding hydrogens is 357 g/mol. The zero-order valence-corrected chi connectivity index (χ0v) is 15.7. The number of hydrogen-bond donors (Lipinski definition) is 1. The molecule has 2 aromatic rings. The van der Waals surface area contributed by atoms with Crippen molar-refractivity contribution in [3.8, 4) is 0 Å². The fourth-order valence-electron chi connectivity index (χ4n) is 3.56. The van der Waals surface area contributed by atoms with E-state index in [2.05, 4.69) is 26.9 Å². The highest BCUT2D eigenvalue weighted by molar-refractivity contribution is 5.85. The van der Waals surface area contributed by atoms with E-state index < -0.39 is 0 Å². The first-order chi connectivity index (χ1) is 12.0. The molecule has 1 unspecified atom stereocenters. The van der Waals surface area contributed by atoms with Crippen molar-refractivity contribution in [3.05, 3.63) is 41.8 Å². The molecule has 6 nitrogen and oxygen atoms in total. The summed E-state index contributed by atoms with van der Waals surface area (Å²) in [5.74, 6) is 1.08. The van der Waals surface area contributed by atoms with Gasteiger partial charge in [0.1, 0.15) is 5.82 Å². The van der Waals surface area contributed by atoms with Crippen molar-refractivity contribution in [2.24, 2.45) is 5.73 Å². The van der Waals surface area contributed by atoms with Gasteiger partial charge in [-0.1, -0.05) is 5.16 Å². The van der Waals surface area contributed by atoms with Crippen molar-refractivity contribution in [1.29, 1.82) is 0 Å². The quantitative estimate of drug-likeness (QED) is 0.878. The Morgan fingerprint density at radius 2 is 1.81 bits per heavy atom. The number of benzene rings is 1. The molecule has 1 saturated carbocycles. The molecular formula is C18H25ClFN5O. The van der Waals surface area contributed by atoms with E-state index in [1.54, 1.807) is 0 Å². The normalized spacial score (nSPS) is 21.0. The van der Waals surface area contributed by atoms with Crippen molar-refractivity contribution in [2.45, 2.75) is 37.8 Å². The second-order valence-electron chi connectivity index (χ2n) is 7.14. The van der Waals surface area contributed by atoms with Crippen LogP contribution in [0.5, 0.6) is 0 Å². The Morgan fingerprint density at radius 1 is 1.15 bits per heavy atom. The van der Waals surface area contributed by atoms with Gasteiger partial charge in [-0.3, -0.25) is 4.90 Å². The number of hydrogen-bond acceptors (Lipinski definition) is 6. The molecule has 26 heavy (non-hydrogen) atoms. The van der Waals surface area contributed by atoms with E-state index in [4.69, 9.17) is 10.3 Å². The maximum Gasteiger partial charge on any atom is 0.243 e. The summed E-state index contributed by atoms with van der Waals surface area (Å²) in [6, 6.07) is 6.75. The first-order valence-electron chi connectivity index (χ1n) is 8.93. The van der Waals surface area contributed by atoms with Crippen molar-refractivity contribution in [1.82, 2.24) is 15.0 Å². The second kappa shape index (κ2) is 7.50. The lowest BCUT2D eigenvalue weighted by Gasteiger charge is -2.38. The Balaban J connectivity index is 0.00000196. The van der Waals surface area contributed by atoms with Crippen molar-refractivity contribution >= 4 is 18.1 Å². The Hall–Kier alpha value is -1.70. The van der Waals surface area contributed by atoms with Gasteiger partial charge in [-0.15, -0.1) is 12.4 Å². The zero-order valence-electron chi connectivity index (χ0n) is 14.9. The van der Waals surface area contributed by atoms with Crippen LogP contribution in [0.3, 0.4) is 0 Å². The van der Waals surface area contributed by atoms with E-state index in [0.29, 0.717) is 11.7 Å². The molecule has 1 saturated heterocycles. The van der Waals surface area contributed by atoms with Gasteiger partial charge in [-0.2, -0.15) is 4.98 Å². The number of nitrogens with two attached hydrogens (primary N) is 1. The van der Waals surface area contributed by atoms with Crippen LogP contribution < -0.4 is 10.6 Å². The monoisotopic (exact) mass is 381 g/mol. The molecule has 1 aliphatic heterocycles. The molecule has 1 aromatic heterocycles. The summed E-state index contributed by atoms with van der Waals surface area (Å²) in [5.41, 5.74) is 6.95. The molecule has 142 valence electrons. The van der Waals surface area contributed by atoms with E-state index in [1.807, 2.05) is 12.1 Å². The third-order valence-electron chi connectivity index (χ3n) is 5.54. The van der Waals surface area contributed by atoms with Crippen LogP contribution >= 0.6 is 12.4 Å². The van der Waals surface area contributed by atoms with Crippen molar-refractivity contribution < 1.29 is 8.91 Å². The van der Waals surface area contributed by atoms with Gasteiger partial charge in [0.2, 0.25) is 5.89 Å². The zero-order chi connectivity index (χ0) is 17.4. The van der Waals surface area contributed by atoms with Crippen molar-refractivity contribution in [2.75, 3.05) is 31.1 Å². The molecule has 1 aliphatic carbocycles. The lowest BCUT2D eigenvalue weighted by atomic mass is 9.77. The fourth-order valence-corrected chi connectivity index (χ4v) is 3.56. The fraction of sp³-hybridized carbons (Fsp3) is 0.556. The minimum absolute atomic E-state index is 0. The molecule has 1 aromatic carbocycles. The molecule has 8 heteroatoms. The van der Waals surface area contributed by atoms with E-state index in [1.165, 1.54) is 12.1 Å². The molecule has 0 radical (unpaired) electrons. The van der Waals surface area contributed by atoms with Crippen molar-refractivity contribution in [3.63, 3.8) is 0 Å². The SMILES string of the molecule is CC(c1nc(C2(N)CCC2)no1)N1CCN(c2ccc(F)cc2)CC1.Cl. The summed E-state index contributed by atoms with van der Waals surface area (Å²) >= 11 is 0. The largest absolute Gasteiger partial charge is 0.369 e. The molecule has 2 fully saturated rings. The molecule has 4 rings (SSSR count). The molecule has 0 amide bonds. The van der Waals surface area contributed by atoms with Gasteiger partial charge in [0, 0.05) is 31.9 Å². The van der Waals surface area contributed by atoms with E-state index in [9.17, 15) is 4.39 Å². The van der Waals surface area contributed by atoms with Crippen LogP contribution in [-0.4, -0.2) is 41.2 Å². The number of nitrogens with zero attached hydrogens (tertiary/aromatic N) is 4. The lowest BCUT2D eigenvalue weighted by Crippen LogP contribution is -2.47. The Bertz CT molecular complexity index is 725. The summed E-state index contributed by atoms with van der Waals surface area (Å²) < 4.78 is 18.6. The van der Waals surface area contributed by atoms with Crippen LogP contribution in [0, 0.1) is 5.82 Å². The van der Waals surface area contributed by atoms with E-state index in [0.717, 1.165) is 51.1 Å². The minimum atomic E-state index is -0.386. The summed E-state index contributed by atoms with van der Waals surface area (Å²) in [4.78, 5) is 9.17. The highest BCUT2D eigenvalue weighted by Gasteiger charge is 2.39. The summed E-state index contributed by atoms with van der Waals surface area (Å²) in [7, 11) is 0. The van der Waals surface area contributed by atoms with E-state index in [-0.39, 0.29) is 29.8 Å². The maximum atomic E-state index is 13.1. The van der Waals surface area contributed by atoms with E-state index >= 15 is 0 Å². The highest BCUT2D eigenvalue weighted by Crippen LogP contribution is 2.37. The van der Waals surface area contributed by atoms with Crippen LogP contribution in [0.1, 0.15) is 43.9 Å². The van der Waals surface area contributed by atoms with Gasteiger partial charge in [0.05, 0.1) is 11.6 Å². The predicted molar refractivity (Wildman–Crippen MR) is 99.9 cm³/mol. The van der Waals surface area contributed by atoms with Gasteiger partial charge >= 0.3 is 0 Å². The molecule has 2 N–H and O–H groups in total. The molecule has 0 spiro atoms. The lowest BCUT2D eigenvalue weighted by molar-refractivity contribution is 0.163. The van der Waals surface area contributed by atoms with Crippen LogP contribution in [0.15, 0.2) is 28.8 Å². The Labute approximate surface area is 158 Å². The van der Waals surface area contributed by atoms with Crippen LogP contribution in [0.4, 0.5) is 10.1 Å². The number of halogens is 2. The van der Waals surface area contributed by atoms with Crippen LogP contribution in [0.2, 0.25) is 0 Å². The standard InChI is InChI=1S/C18H24FN5O.ClH/c1-13(16-21-17(22-25-16)18(20)7-2-8-18)23-9-11-24(12-10-23)15-5-3-14(19)4-6-15;/h3-6,13H,2,7-12,20H2,1H3;1H. The number of aromatic nitrogens is 2. The van der Waals surface area contributed by atoms with Gasteiger partial charge in [-0.05, 0) is 50.5 Å². The third-order valence-corrected chi connectivity index (χ3v) is 5.54. The number of anilines is 1. The predicted octanol–water partition coefficient (Wildman–Crippen LogP) is 2.85. The first-order valence-corrected chi connectivity index (χ1v) is 8.93. The Morgan fingerprint density at radius 3 is 2.38 bits per heavy atom. The maximum absolute atomic E-state index is 13.1.